The lowest BCUT2D eigenvalue weighted by Gasteiger charge is -1.87. The van der Waals surface area contributed by atoms with Crippen LogP contribution in [-0.4, -0.2) is 0 Å². The van der Waals surface area contributed by atoms with Crippen molar-refractivity contribution < 1.29 is 0 Å². The van der Waals surface area contributed by atoms with E-state index in [1.165, 1.54) is 0 Å². The van der Waals surface area contributed by atoms with E-state index in [0.717, 1.165) is 12.8 Å². The van der Waals surface area contributed by atoms with Crippen molar-refractivity contribution in [1.82, 2.24) is 0 Å². The smallest absolute Gasteiger partial charge is 0.0612 e. The Labute approximate surface area is 56.6 Å². The van der Waals surface area contributed by atoms with Crippen LogP contribution in [0, 0.1) is 6.42 Å². The maximum absolute atomic E-state index is 2.18. The van der Waals surface area contributed by atoms with Crippen LogP contribution in [0.2, 0.25) is 0 Å². The molecule has 0 amide bonds. The van der Waals surface area contributed by atoms with Crippen molar-refractivity contribution in [1.29, 1.82) is 0 Å². The molecule has 1 rings (SSSR count). The summed E-state index contributed by atoms with van der Waals surface area (Å²) in [4.78, 5) is 0. The van der Waals surface area contributed by atoms with E-state index in [4.69, 9.17) is 0 Å². The van der Waals surface area contributed by atoms with Gasteiger partial charge in [-0.3, -0.25) is 0 Å². The average molecular weight is 119 g/mol. The number of hydrogen-bond donors (Lipinski definition) is 0. The average Bonchev–Trinajstić information content (AvgIpc) is 2.00. The van der Waals surface area contributed by atoms with E-state index in [9.17, 15) is 0 Å². The third-order valence-corrected chi connectivity index (χ3v) is 1.21. The molecule has 1 aliphatic rings. The Balaban J connectivity index is 2.43. The zero-order chi connectivity index (χ0) is 6.36. The van der Waals surface area contributed by atoms with E-state index in [1.807, 2.05) is 0 Å². The van der Waals surface area contributed by atoms with Crippen LogP contribution in [0.5, 0.6) is 0 Å². The van der Waals surface area contributed by atoms with Gasteiger partial charge in [-0.25, -0.2) is 0 Å². The van der Waals surface area contributed by atoms with Gasteiger partial charge in [-0.1, -0.05) is 25.0 Å². The van der Waals surface area contributed by atoms with Gasteiger partial charge in [0.2, 0.25) is 0 Å². The van der Waals surface area contributed by atoms with Gasteiger partial charge in [0.05, 0.1) is 0 Å². The largest absolute Gasteiger partial charge is 0.176 e. The molecule has 0 unspecified atom stereocenters. The molecule has 0 heterocycles. The monoisotopic (exact) mass is 119 g/mol. The van der Waals surface area contributed by atoms with Crippen molar-refractivity contribution in [3.05, 3.63) is 42.9 Å². The molecule has 0 aromatic rings. The van der Waals surface area contributed by atoms with Gasteiger partial charge in [0.1, 0.15) is 0 Å². The van der Waals surface area contributed by atoms with Crippen molar-refractivity contribution in [2.45, 2.75) is 12.8 Å². The first-order valence-electron chi connectivity index (χ1n) is 3.30. The quantitative estimate of drug-likeness (QED) is 0.339. The molecule has 0 heteroatoms. The second-order valence-electron chi connectivity index (χ2n) is 1.99. The minimum absolute atomic E-state index is 1.07. The third kappa shape index (κ3) is 2.81. The summed E-state index contributed by atoms with van der Waals surface area (Å²) in [5, 5.41) is 0. The fourth-order valence-corrected chi connectivity index (χ4v) is 0.728. The minimum Gasteiger partial charge on any atom is -0.176 e. The van der Waals surface area contributed by atoms with Crippen LogP contribution in [0.1, 0.15) is 12.8 Å². The summed E-state index contributed by atoms with van der Waals surface area (Å²) in [6, 6.07) is 0. The van der Waals surface area contributed by atoms with Crippen molar-refractivity contribution in [3.63, 3.8) is 0 Å². The Morgan fingerprint density at radius 2 is 1.33 bits per heavy atom. The molecule has 48 valence electrons. The van der Waals surface area contributed by atoms with E-state index in [1.54, 1.807) is 0 Å². The molecule has 0 N–H and O–H groups in total. The summed E-state index contributed by atoms with van der Waals surface area (Å²) in [5.74, 6) is 0. The van der Waals surface area contributed by atoms with Crippen molar-refractivity contribution in [3.8, 4) is 0 Å². The fraction of sp³-hybridized carbons (Fsp3) is 0.222. The van der Waals surface area contributed by atoms with Gasteiger partial charge in [-0.2, -0.15) is 30.7 Å². The zero-order valence-electron chi connectivity index (χ0n) is 5.46. The molecular formula is C9H11-. The molecule has 0 aromatic heterocycles. The topological polar surface area (TPSA) is 0 Å². The molecular weight excluding hydrogens is 108 g/mol. The van der Waals surface area contributed by atoms with Crippen LogP contribution in [0.25, 0.3) is 0 Å². The summed E-state index contributed by atoms with van der Waals surface area (Å²) in [5.41, 5.74) is 0. The van der Waals surface area contributed by atoms with E-state index >= 15 is 0 Å². The number of hydrogen-bond acceptors (Lipinski definition) is 0. The maximum Gasteiger partial charge on any atom is -0.0612 e. The Morgan fingerprint density at radius 1 is 0.778 bits per heavy atom. The number of allylic oxidation sites excluding steroid dienone is 6. The first-order valence-corrected chi connectivity index (χ1v) is 3.30. The fourth-order valence-electron chi connectivity index (χ4n) is 0.728. The van der Waals surface area contributed by atoms with Crippen LogP contribution in [-0.2, 0) is 0 Å². The van der Waals surface area contributed by atoms with Crippen LogP contribution >= 0.6 is 0 Å². The van der Waals surface area contributed by atoms with Gasteiger partial charge >= 0.3 is 0 Å². The first kappa shape index (κ1) is 6.21. The normalized spacial score (nSPS) is 28.4. The Bertz CT molecular complexity index is 97.6. The van der Waals surface area contributed by atoms with Gasteiger partial charge < -0.3 is 0 Å². The minimum atomic E-state index is 1.07. The van der Waals surface area contributed by atoms with Gasteiger partial charge in [0, 0.05) is 0 Å². The summed E-state index contributed by atoms with van der Waals surface area (Å²) in [6.07, 6.45) is 17.0. The van der Waals surface area contributed by atoms with Gasteiger partial charge in [-0.05, 0) is 0 Å². The lowest BCUT2D eigenvalue weighted by Crippen LogP contribution is -1.57. The highest BCUT2D eigenvalue weighted by Gasteiger charge is 1.69. The number of rotatable bonds is 0. The molecule has 0 radical (unpaired) electrons. The molecule has 0 saturated carbocycles. The molecule has 0 aromatic carbocycles. The highest BCUT2D eigenvalue weighted by Crippen LogP contribution is 1.96. The first-order chi connectivity index (χ1) is 4.50. The molecule has 0 bridgehead atoms. The molecule has 9 heavy (non-hydrogen) atoms. The highest BCUT2D eigenvalue weighted by molar-refractivity contribution is 5.12. The van der Waals surface area contributed by atoms with Gasteiger partial charge in [0.15, 0.2) is 0 Å². The second kappa shape index (κ2) is 4.02. The predicted molar refractivity (Wildman–Crippen MR) is 41.0 cm³/mol. The lowest BCUT2D eigenvalue weighted by molar-refractivity contribution is 1.32. The molecule has 1 aliphatic carbocycles. The van der Waals surface area contributed by atoms with Crippen LogP contribution in [0.15, 0.2) is 36.5 Å². The van der Waals surface area contributed by atoms with Crippen LogP contribution in [0.4, 0.5) is 0 Å². The molecule has 0 nitrogen and oxygen atoms in total. The van der Waals surface area contributed by atoms with E-state index in [2.05, 4.69) is 42.9 Å². The van der Waals surface area contributed by atoms with Gasteiger partial charge in [0.25, 0.3) is 0 Å². The molecule has 0 fully saturated rings. The second-order valence-corrected chi connectivity index (χ2v) is 1.99. The molecule has 0 aliphatic heterocycles. The summed E-state index contributed by atoms with van der Waals surface area (Å²) >= 11 is 0. The Kier molecular flexibility index (Phi) is 2.77. The summed E-state index contributed by atoms with van der Waals surface area (Å²) in [6.45, 7) is 0. The molecule has 0 saturated heterocycles. The van der Waals surface area contributed by atoms with E-state index in [-0.39, 0.29) is 0 Å². The zero-order valence-corrected chi connectivity index (χ0v) is 5.46. The highest BCUT2D eigenvalue weighted by atomic mass is 13.8. The Morgan fingerprint density at radius 3 is 1.89 bits per heavy atom. The summed E-state index contributed by atoms with van der Waals surface area (Å²) in [7, 11) is 0. The van der Waals surface area contributed by atoms with E-state index < -0.39 is 0 Å². The molecule has 0 atom stereocenters. The Hall–Kier alpha value is -0.910. The van der Waals surface area contributed by atoms with Crippen molar-refractivity contribution in [2.24, 2.45) is 0 Å². The van der Waals surface area contributed by atoms with Crippen molar-refractivity contribution >= 4 is 0 Å². The standard InChI is InChI=1S/C9H11/c1-2-4-6-8-9-7-5-3-1/h1-5,8-9H,6-7H2/q-1/b4-2-,5-3-,9-8-. The van der Waals surface area contributed by atoms with Crippen molar-refractivity contribution in [2.75, 3.05) is 0 Å². The van der Waals surface area contributed by atoms with E-state index in [0.29, 0.717) is 0 Å². The SMILES string of the molecule is C1=C\C/C=C\C/C=C\[CH-]/1. The van der Waals surface area contributed by atoms with Gasteiger partial charge in [-0.15, -0.1) is 0 Å². The third-order valence-electron chi connectivity index (χ3n) is 1.21. The maximum atomic E-state index is 2.18. The van der Waals surface area contributed by atoms with Crippen LogP contribution < -0.4 is 0 Å². The molecule has 0 spiro atoms. The predicted octanol–water partition coefficient (Wildman–Crippen LogP) is 2.65. The summed E-state index contributed by atoms with van der Waals surface area (Å²) < 4.78 is 0. The lowest BCUT2D eigenvalue weighted by atomic mass is 10.3. The van der Waals surface area contributed by atoms with Crippen LogP contribution in [0.3, 0.4) is 0 Å².